The second-order valence-corrected chi connectivity index (χ2v) is 10.0. The van der Waals surface area contributed by atoms with E-state index >= 15 is 0 Å². The van der Waals surface area contributed by atoms with Gasteiger partial charge in [-0.3, -0.25) is 9.78 Å². The number of rotatable bonds is 7. The summed E-state index contributed by atoms with van der Waals surface area (Å²) in [6.45, 7) is 3.85. The van der Waals surface area contributed by atoms with Crippen LogP contribution in [0.2, 0.25) is 5.02 Å². The van der Waals surface area contributed by atoms with Gasteiger partial charge in [0.2, 0.25) is 5.91 Å². The topological polar surface area (TPSA) is 71.4 Å². The molecule has 1 amide bonds. The summed E-state index contributed by atoms with van der Waals surface area (Å²) < 4.78 is 21.7. The van der Waals surface area contributed by atoms with Gasteiger partial charge in [0, 0.05) is 30.4 Å². The standard InChI is InChI=1S/C29H27ClFN5O2S/c1-17-14-20(18(2)35(17)25-10-5-4-8-22(25)31)28-27(24-9-6-7-13-32-24)34-29(39)36(28)19-11-12-23(21(30)15-19)33-26(37)16-38-3/h4-15,27-28H,16H2,1-3H3,(H,33,37)(H,34,39). The minimum atomic E-state index is -0.316. The highest BCUT2D eigenvalue weighted by Crippen LogP contribution is 2.44. The second kappa shape index (κ2) is 11.1. The minimum absolute atomic E-state index is 0.0797. The number of carbonyl (C=O) groups excluding carboxylic acids is 1. The van der Waals surface area contributed by atoms with E-state index in [1.807, 2.05) is 53.6 Å². The van der Waals surface area contributed by atoms with Crippen molar-refractivity contribution in [3.63, 3.8) is 0 Å². The number of methoxy groups -OCH3 is 1. The van der Waals surface area contributed by atoms with E-state index in [0.29, 0.717) is 21.5 Å². The Hall–Kier alpha value is -3.79. The lowest BCUT2D eigenvalue weighted by Gasteiger charge is -2.28. The van der Waals surface area contributed by atoms with Crippen molar-refractivity contribution in [1.82, 2.24) is 14.9 Å². The van der Waals surface area contributed by atoms with Gasteiger partial charge < -0.3 is 24.8 Å². The Morgan fingerprint density at radius 3 is 2.62 bits per heavy atom. The predicted octanol–water partition coefficient (Wildman–Crippen LogP) is 6.04. The summed E-state index contributed by atoms with van der Waals surface area (Å²) in [6.07, 6.45) is 1.75. The van der Waals surface area contributed by atoms with Gasteiger partial charge in [-0.1, -0.05) is 29.8 Å². The van der Waals surface area contributed by atoms with Crippen LogP contribution in [0.1, 0.15) is 34.7 Å². The summed E-state index contributed by atoms with van der Waals surface area (Å²) in [5.41, 5.74) is 5.24. The van der Waals surface area contributed by atoms with Gasteiger partial charge >= 0.3 is 0 Å². The van der Waals surface area contributed by atoms with Crippen molar-refractivity contribution in [3.8, 4) is 5.69 Å². The number of nitrogens with zero attached hydrogens (tertiary/aromatic N) is 3. The van der Waals surface area contributed by atoms with Gasteiger partial charge in [-0.15, -0.1) is 0 Å². The van der Waals surface area contributed by atoms with E-state index < -0.39 is 0 Å². The highest BCUT2D eigenvalue weighted by Gasteiger charge is 2.42. The van der Waals surface area contributed by atoms with E-state index in [0.717, 1.165) is 28.3 Å². The Bertz CT molecular complexity index is 1540. The third-order valence-electron chi connectivity index (χ3n) is 6.76. The Kier molecular flexibility index (Phi) is 7.65. The first-order valence-electron chi connectivity index (χ1n) is 12.3. The van der Waals surface area contributed by atoms with Crippen LogP contribution < -0.4 is 15.5 Å². The molecule has 10 heteroatoms. The molecule has 2 aromatic carbocycles. The summed E-state index contributed by atoms with van der Waals surface area (Å²) in [5.74, 6) is -0.610. The van der Waals surface area contributed by atoms with Crippen LogP contribution in [0.25, 0.3) is 5.69 Å². The van der Waals surface area contributed by atoms with Crippen molar-refractivity contribution in [2.24, 2.45) is 0 Å². The number of aryl methyl sites for hydroxylation is 1. The predicted molar refractivity (Wildman–Crippen MR) is 155 cm³/mol. The Morgan fingerprint density at radius 1 is 1.15 bits per heavy atom. The monoisotopic (exact) mass is 563 g/mol. The molecule has 4 aromatic rings. The quantitative estimate of drug-likeness (QED) is 0.267. The number of pyridine rings is 1. The molecule has 1 saturated heterocycles. The first-order valence-corrected chi connectivity index (χ1v) is 13.1. The number of carbonyl (C=O) groups is 1. The first kappa shape index (κ1) is 26.8. The normalized spacial score (nSPS) is 16.8. The number of aromatic nitrogens is 2. The highest BCUT2D eigenvalue weighted by atomic mass is 35.5. The molecule has 2 aromatic heterocycles. The van der Waals surface area contributed by atoms with E-state index in [1.54, 1.807) is 30.5 Å². The lowest BCUT2D eigenvalue weighted by atomic mass is 9.96. The highest BCUT2D eigenvalue weighted by molar-refractivity contribution is 7.80. The van der Waals surface area contributed by atoms with E-state index in [2.05, 4.69) is 21.7 Å². The molecule has 0 saturated carbocycles. The molecule has 1 aliphatic rings. The SMILES string of the molecule is COCC(=O)Nc1ccc(N2C(=S)NC(c3ccccn3)C2c2cc(C)n(-c3ccccc3F)c2C)cc1Cl. The fourth-order valence-corrected chi connectivity index (χ4v) is 5.68. The van der Waals surface area contributed by atoms with E-state index in [4.69, 9.17) is 28.6 Å². The van der Waals surface area contributed by atoms with E-state index in [9.17, 15) is 9.18 Å². The maximum Gasteiger partial charge on any atom is 0.250 e. The number of amides is 1. The third kappa shape index (κ3) is 5.13. The molecule has 0 radical (unpaired) electrons. The lowest BCUT2D eigenvalue weighted by Crippen LogP contribution is -2.29. The zero-order valence-electron chi connectivity index (χ0n) is 21.6. The average Bonchev–Trinajstić information content (AvgIpc) is 3.41. The van der Waals surface area contributed by atoms with Crippen LogP contribution in [-0.4, -0.2) is 34.3 Å². The van der Waals surface area contributed by atoms with Crippen LogP contribution in [0, 0.1) is 19.7 Å². The van der Waals surface area contributed by atoms with E-state index in [-0.39, 0.29) is 30.4 Å². The molecule has 0 aliphatic carbocycles. The van der Waals surface area contributed by atoms with Crippen LogP contribution in [0.15, 0.2) is 72.9 Å². The number of anilines is 2. The number of hydrogen-bond donors (Lipinski definition) is 2. The molecule has 0 bridgehead atoms. The number of ether oxygens (including phenoxy) is 1. The summed E-state index contributed by atoms with van der Waals surface area (Å²) in [7, 11) is 1.45. The summed E-state index contributed by atoms with van der Waals surface area (Å²) in [4.78, 5) is 18.6. The largest absolute Gasteiger partial charge is 0.375 e. The fraction of sp³-hybridized carbons (Fsp3) is 0.207. The van der Waals surface area contributed by atoms with Crippen molar-refractivity contribution in [3.05, 3.63) is 106 Å². The maximum atomic E-state index is 14.9. The fourth-order valence-electron chi connectivity index (χ4n) is 5.11. The number of benzene rings is 2. The molecule has 39 heavy (non-hydrogen) atoms. The maximum absolute atomic E-state index is 14.9. The molecule has 3 heterocycles. The van der Waals surface area contributed by atoms with Crippen LogP contribution in [-0.2, 0) is 9.53 Å². The number of nitrogens with one attached hydrogen (secondary N) is 2. The molecular weight excluding hydrogens is 537 g/mol. The van der Waals surface area contributed by atoms with Gasteiger partial charge in [-0.2, -0.15) is 0 Å². The molecule has 2 N–H and O–H groups in total. The number of hydrogen-bond acceptors (Lipinski definition) is 4. The Labute approximate surface area is 236 Å². The van der Waals surface area contributed by atoms with Crippen LogP contribution in [0.3, 0.4) is 0 Å². The smallest absolute Gasteiger partial charge is 0.250 e. The number of halogens is 2. The summed E-state index contributed by atoms with van der Waals surface area (Å²) in [6, 6.07) is 19.3. The van der Waals surface area contributed by atoms with Crippen molar-refractivity contribution < 1.29 is 13.9 Å². The summed E-state index contributed by atoms with van der Waals surface area (Å²) >= 11 is 12.4. The van der Waals surface area contributed by atoms with Crippen molar-refractivity contribution in [1.29, 1.82) is 0 Å². The molecule has 2 unspecified atom stereocenters. The number of thiocarbonyl (C=S) groups is 1. The third-order valence-corrected chi connectivity index (χ3v) is 7.39. The van der Waals surface area contributed by atoms with Crippen molar-refractivity contribution in [2.45, 2.75) is 25.9 Å². The molecule has 2 atom stereocenters. The lowest BCUT2D eigenvalue weighted by molar-refractivity contribution is -0.119. The molecular formula is C29H27ClFN5O2S. The zero-order chi connectivity index (χ0) is 27.7. The average molecular weight is 564 g/mol. The Balaban J connectivity index is 1.62. The molecule has 1 fully saturated rings. The van der Waals surface area contributed by atoms with Gasteiger partial charge in [-0.25, -0.2) is 4.39 Å². The zero-order valence-corrected chi connectivity index (χ0v) is 23.2. The van der Waals surface area contributed by atoms with Gasteiger partial charge in [0.25, 0.3) is 0 Å². The van der Waals surface area contributed by atoms with Crippen molar-refractivity contribution in [2.75, 3.05) is 23.9 Å². The van der Waals surface area contributed by atoms with Crippen LogP contribution >= 0.6 is 23.8 Å². The summed E-state index contributed by atoms with van der Waals surface area (Å²) in [5, 5.41) is 7.05. The molecule has 5 rings (SSSR count). The van der Waals surface area contributed by atoms with Gasteiger partial charge in [0.1, 0.15) is 12.4 Å². The minimum Gasteiger partial charge on any atom is -0.375 e. The second-order valence-electron chi connectivity index (χ2n) is 9.26. The molecule has 0 spiro atoms. The van der Waals surface area contributed by atoms with Crippen LogP contribution in [0.4, 0.5) is 15.8 Å². The molecule has 200 valence electrons. The van der Waals surface area contributed by atoms with Gasteiger partial charge in [0.15, 0.2) is 5.11 Å². The molecule has 1 aliphatic heterocycles. The van der Waals surface area contributed by atoms with Crippen LogP contribution in [0.5, 0.6) is 0 Å². The molecule has 7 nitrogen and oxygen atoms in total. The number of para-hydroxylation sites is 1. The van der Waals surface area contributed by atoms with Gasteiger partial charge in [0.05, 0.1) is 34.2 Å². The van der Waals surface area contributed by atoms with Crippen molar-refractivity contribution >= 4 is 46.2 Å². The Morgan fingerprint density at radius 2 is 1.92 bits per heavy atom. The van der Waals surface area contributed by atoms with E-state index in [1.165, 1.54) is 13.2 Å². The van der Waals surface area contributed by atoms with Gasteiger partial charge in [-0.05, 0) is 80.2 Å². The first-order chi connectivity index (χ1) is 18.8.